The van der Waals surface area contributed by atoms with Gasteiger partial charge in [0, 0.05) is 49.9 Å². The van der Waals surface area contributed by atoms with E-state index in [2.05, 4.69) is 4.90 Å². The van der Waals surface area contributed by atoms with Crippen molar-refractivity contribution in [2.24, 2.45) is 0 Å². The van der Waals surface area contributed by atoms with E-state index in [1.165, 1.54) is 23.8 Å². The number of para-hydroxylation sites is 1. The van der Waals surface area contributed by atoms with Gasteiger partial charge in [0.15, 0.2) is 0 Å². The van der Waals surface area contributed by atoms with E-state index in [1.807, 2.05) is 24.3 Å². The van der Waals surface area contributed by atoms with E-state index in [0.29, 0.717) is 18.7 Å². The number of hydrogen-bond donors (Lipinski definition) is 0. The average molecular weight is 386 g/mol. The lowest BCUT2D eigenvalue weighted by Gasteiger charge is -2.34. The number of hydrogen-bond acceptors (Lipinski definition) is 4. The Bertz CT molecular complexity index is 844. The highest BCUT2D eigenvalue weighted by molar-refractivity contribution is 6.30. The predicted octanol–water partition coefficient (Wildman–Crippen LogP) is 3.61. The Morgan fingerprint density at radius 2 is 1.74 bits per heavy atom. The monoisotopic (exact) mass is 385 g/mol. The Kier molecular flexibility index (Phi) is 6.21. The fraction of sp³-hybridized carbons (Fsp3) is 0.250. The van der Waals surface area contributed by atoms with Crippen LogP contribution in [0.3, 0.4) is 0 Å². The summed E-state index contributed by atoms with van der Waals surface area (Å²) in [6, 6.07) is 14.2. The van der Waals surface area contributed by atoms with Crippen molar-refractivity contribution in [3.63, 3.8) is 0 Å². The van der Waals surface area contributed by atoms with Crippen LogP contribution in [0.2, 0.25) is 5.02 Å². The SMILES string of the molecule is O=C(C=Cc1ccccc1[N+](=O)[O-])N1CCN(Cc2ccc(Cl)cc2)CC1. The Morgan fingerprint density at radius 3 is 2.41 bits per heavy atom. The lowest BCUT2D eigenvalue weighted by atomic mass is 10.1. The summed E-state index contributed by atoms with van der Waals surface area (Å²) in [5.41, 5.74) is 1.61. The Morgan fingerprint density at radius 1 is 1.07 bits per heavy atom. The summed E-state index contributed by atoms with van der Waals surface area (Å²) < 4.78 is 0. The summed E-state index contributed by atoms with van der Waals surface area (Å²) in [4.78, 5) is 27.0. The lowest BCUT2D eigenvalue weighted by molar-refractivity contribution is -0.385. The molecule has 6 nitrogen and oxygen atoms in total. The van der Waals surface area contributed by atoms with Gasteiger partial charge in [-0.3, -0.25) is 19.8 Å². The molecule has 7 heteroatoms. The highest BCUT2D eigenvalue weighted by Crippen LogP contribution is 2.19. The second-order valence-electron chi connectivity index (χ2n) is 6.38. The average Bonchev–Trinajstić information content (AvgIpc) is 2.68. The molecule has 0 aliphatic carbocycles. The van der Waals surface area contributed by atoms with Gasteiger partial charge in [0.1, 0.15) is 0 Å². The van der Waals surface area contributed by atoms with E-state index in [0.717, 1.165) is 24.7 Å². The molecule has 0 unspecified atom stereocenters. The topological polar surface area (TPSA) is 66.7 Å². The number of benzene rings is 2. The molecular weight excluding hydrogens is 366 g/mol. The molecular formula is C20H20ClN3O3. The summed E-state index contributed by atoms with van der Waals surface area (Å²) in [7, 11) is 0. The first kappa shape index (κ1) is 19.1. The number of carbonyl (C=O) groups excluding carboxylic acids is 1. The molecule has 0 saturated carbocycles. The second-order valence-corrected chi connectivity index (χ2v) is 6.81. The van der Waals surface area contributed by atoms with Gasteiger partial charge in [-0.15, -0.1) is 0 Å². The van der Waals surface area contributed by atoms with Gasteiger partial charge in [-0.1, -0.05) is 35.9 Å². The number of amides is 1. The van der Waals surface area contributed by atoms with Crippen LogP contribution in [0, 0.1) is 10.1 Å². The van der Waals surface area contributed by atoms with E-state index in [1.54, 1.807) is 23.1 Å². The molecule has 0 atom stereocenters. The van der Waals surface area contributed by atoms with Crippen molar-refractivity contribution in [1.82, 2.24) is 9.80 Å². The molecule has 1 saturated heterocycles. The standard InChI is InChI=1S/C20H20ClN3O3/c21-18-8-5-16(6-9-18)15-22-11-13-23(14-12-22)20(25)10-7-17-3-1-2-4-19(17)24(26)27/h1-10H,11-15H2. The van der Waals surface area contributed by atoms with E-state index in [9.17, 15) is 14.9 Å². The van der Waals surface area contributed by atoms with E-state index >= 15 is 0 Å². The number of piperazine rings is 1. The highest BCUT2D eigenvalue weighted by Gasteiger charge is 2.20. The third-order valence-corrected chi connectivity index (χ3v) is 4.79. The zero-order valence-electron chi connectivity index (χ0n) is 14.8. The van der Waals surface area contributed by atoms with Crippen molar-refractivity contribution in [3.8, 4) is 0 Å². The first-order valence-corrected chi connectivity index (χ1v) is 9.08. The number of carbonyl (C=O) groups is 1. The van der Waals surface area contributed by atoms with Crippen molar-refractivity contribution < 1.29 is 9.72 Å². The van der Waals surface area contributed by atoms with E-state index in [4.69, 9.17) is 11.6 Å². The summed E-state index contributed by atoms with van der Waals surface area (Å²) in [6.45, 7) is 3.66. The van der Waals surface area contributed by atoms with Crippen molar-refractivity contribution >= 4 is 29.3 Å². The molecule has 2 aromatic rings. The molecule has 0 radical (unpaired) electrons. The zero-order valence-corrected chi connectivity index (χ0v) is 15.5. The molecule has 140 valence electrons. The number of halogens is 1. The van der Waals surface area contributed by atoms with Crippen LogP contribution in [0.25, 0.3) is 6.08 Å². The number of nitrogens with zero attached hydrogens (tertiary/aromatic N) is 3. The van der Waals surface area contributed by atoms with Crippen molar-refractivity contribution in [2.45, 2.75) is 6.54 Å². The second kappa shape index (κ2) is 8.79. The first-order chi connectivity index (χ1) is 13.0. The molecule has 0 aromatic heterocycles. The third-order valence-electron chi connectivity index (χ3n) is 4.54. The fourth-order valence-electron chi connectivity index (χ4n) is 3.04. The summed E-state index contributed by atoms with van der Waals surface area (Å²) in [6.07, 6.45) is 2.93. The quantitative estimate of drug-likeness (QED) is 0.448. The molecule has 1 heterocycles. The maximum atomic E-state index is 12.4. The number of nitro benzene ring substituents is 1. The molecule has 2 aromatic carbocycles. The lowest BCUT2D eigenvalue weighted by Crippen LogP contribution is -2.47. The van der Waals surface area contributed by atoms with Crippen LogP contribution in [0.15, 0.2) is 54.6 Å². The molecule has 1 aliphatic rings. The van der Waals surface area contributed by atoms with Gasteiger partial charge < -0.3 is 4.90 Å². The van der Waals surface area contributed by atoms with Crippen molar-refractivity contribution in [3.05, 3.63) is 80.9 Å². The summed E-state index contributed by atoms with van der Waals surface area (Å²) in [5.74, 6) is -0.126. The molecule has 1 fully saturated rings. The number of nitro groups is 1. The maximum Gasteiger partial charge on any atom is 0.276 e. The highest BCUT2D eigenvalue weighted by atomic mass is 35.5. The van der Waals surface area contributed by atoms with Crippen LogP contribution in [0.4, 0.5) is 5.69 Å². The van der Waals surface area contributed by atoms with Gasteiger partial charge in [-0.2, -0.15) is 0 Å². The third kappa shape index (κ3) is 5.15. The minimum atomic E-state index is -0.445. The van der Waals surface area contributed by atoms with Gasteiger partial charge >= 0.3 is 0 Å². The van der Waals surface area contributed by atoms with Crippen LogP contribution in [0.1, 0.15) is 11.1 Å². The minimum absolute atomic E-state index is 0.00525. The van der Waals surface area contributed by atoms with Crippen LogP contribution in [0.5, 0.6) is 0 Å². The fourth-order valence-corrected chi connectivity index (χ4v) is 3.16. The summed E-state index contributed by atoms with van der Waals surface area (Å²) >= 11 is 5.91. The Balaban J connectivity index is 1.54. The normalized spacial score (nSPS) is 15.2. The number of rotatable bonds is 5. The molecule has 1 amide bonds. The van der Waals surface area contributed by atoms with E-state index in [-0.39, 0.29) is 11.6 Å². The largest absolute Gasteiger partial charge is 0.337 e. The Hall–Kier alpha value is -2.70. The minimum Gasteiger partial charge on any atom is -0.337 e. The Labute approximate surface area is 162 Å². The molecule has 3 rings (SSSR count). The molecule has 0 bridgehead atoms. The van der Waals surface area contributed by atoms with Crippen LogP contribution < -0.4 is 0 Å². The van der Waals surface area contributed by atoms with Crippen LogP contribution in [-0.2, 0) is 11.3 Å². The predicted molar refractivity (Wildman–Crippen MR) is 105 cm³/mol. The van der Waals surface area contributed by atoms with E-state index < -0.39 is 4.92 Å². The van der Waals surface area contributed by atoms with Gasteiger partial charge in [-0.05, 0) is 29.8 Å². The maximum absolute atomic E-state index is 12.4. The molecule has 0 N–H and O–H groups in total. The smallest absolute Gasteiger partial charge is 0.276 e. The first-order valence-electron chi connectivity index (χ1n) is 8.70. The van der Waals surface area contributed by atoms with Crippen LogP contribution in [-0.4, -0.2) is 46.8 Å². The van der Waals surface area contributed by atoms with Crippen LogP contribution >= 0.6 is 11.6 Å². The van der Waals surface area contributed by atoms with Crippen molar-refractivity contribution in [2.75, 3.05) is 26.2 Å². The summed E-state index contributed by atoms with van der Waals surface area (Å²) in [5, 5.41) is 11.8. The van der Waals surface area contributed by atoms with Crippen molar-refractivity contribution in [1.29, 1.82) is 0 Å². The van der Waals surface area contributed by atoms with Gasteiger partial charge in [-0.25, -0.2) is 0 Å². The zero-order chi connectivity index (χ0) is 19.2. The van der Waals surface area contributed by atoms with Gasteiger partial charge in [0.25, 0.3) is 5.69 Å². The van der Waals surface area contributed by atoms with Gasteiger partial charge in [0.2, 0.25) is 5.91 Å². The molecule has 0 spiro atoms. The van der Waals surface area contributed by atoms with Gasteiger partial charge in [0.05, 0.1) is 10.5 Å². The molecule has 1 aliphatic heterocycles. The molecule has 27 heavy (non-hydrogen) atoms.